The summed E-state index contributed by atoms with van der Waals surface area (Å²) in [6.07, 6.45) is 0. The number of amides is 1. The molecule has 0 aliphatic carbocycles. The van der Waals surface area contributed by atoms with Crippen LogP contribution in [-0.4, -0.2) is 48.0 Å². The molecule has 0 N–H and O–H groups in total. The number of esters is 1. The van der Waals surface area contributed by atoms with E-state index >= 15 is 0 Å². The first kappa shape index (κ1) is 18.3. The summed E-state index contributed by atoms with van der Waals surface area (Å²) in [5.41, 5.74) is 1.68. The lowest BCUT2D eigenvalue weighted by Crippen LogP contribution is -2.44. The van der Waals surface area contributed by atoms with Crippen LogP contribution in [0.2, 0.25) is 0 Å². The van der Waals surface area contributed by atoms with Crippen molar-refractivity contribution in [3.8, 4) is 5.75 Å². The van der Waals surface area contributed by atoms with Gasteiger partial charge in [0.2, 0.25) is 0 Å². The molecule has 136 valence electrons. The third-order valence-corrected chi connectivity index (χ3v) is 5.33. The van der Waals surface area contributed by atoms with Crippen LogP contribution in [0.25, 0.3) is 0 Å². The van der Waals surface area contributed by atoms with E-state index in [1.165, 1.54) is 18.9 Å². The van der Waals surface area contributed by atoms with Gasteiger partial charge in [-0.15, -0.1) is 11.8 Å². The molecule has 0 bridgehead atoms. The summed E-state index contributed by atoms with van der Waals surface area (Å²) in [5.74, 6) is 1.09. The van der Waals surface area contributed by atoms with Crippen molar-refractivity contribution in [2.75, 3.05) is 26.0 Å². The maximum Gasteiger partial charge on any atom is 0.320 e. The van der Waals surface area contributed by atoms with Crippen LogP contribution in [0.1, 0.15) is 15.9 Å². The number of rotatable bonds is 5. The Kier molecular flexibility index (Phi) is 6.17. The maximum atomic E-state index is 12.7. The average molecular weight is 371 g/mol. The Labute approximate surface area is 157 Å². The standard InChI is InChI=1S/C20H21NO4S/c1-24-20(23)18-13-21(11-12-26-18)19(22)16-7-9-17(10-8-16)25-14-15-5-3-2-4-6-15/h2-10,18H,11-14H2,1H3/t18-/m1/s1. The summed E-state index contributed by atoms with van der Waals surface area (Å²) >= 11 is 1.53. The summed E-state index contributed by atoms with van der Waals surface area (Å²) in [5, 5.41) is -0.314. The molecule has 6 heteroatoms. The zero-order valence-electron chi connectivity index (χ0n) is 14.6. The number of methoxy groups -OCH3 is 1. The van der Waals surface area contributed by atoms with Crippen LogP contribution < -0.4 is 4.74 Å². The van der Waals surface area contributed by atoms with Crippen molar-refractivity contribution in [3.05, 3.63) is 65.7 Å². The molecular formula is C20H21NO4S. The van der Waals surface area contributed by atoms with Gasteiger partial charge in [0.05, 0.1) is 7.11 Å². The van der Waals surface area contributed by atoms with Crippen molar-refractivity contribution >= 4 is 23.6 Å². The lowest BCUT2D eigenvalue weighted by atomic mass is 10.2. The molecular weight excluding hydrogens is 350 g/mol. The Morgan fingerprint density at radius 2 is 1.85 bits per heavy atom. The van der Waals surface area contributed by atoms with Crippen molar-refractivity contribution < 1.29 is 19.1 Å². The fourth-order valence-corrected chi connectivity index (χ4v) is 3.85. The maximum absolute atomic E-state index is 12.7. The molecule has 1 saturated heterocycles. The van der Waals surface area contributed by atoms with Gasteiger partial charge in [0.15, 0.2) is 0 Å². The highest BCUT2D eigenvalue weighted by Crippen LogP contribution is 2.22. The second kappa shape index (κ2) is 8.76. The highest BCUT2D eigenvalue weighted by molar-refractivity contribution is 8.00. The summed E-state index contributed by atoms with van der Waals surface area (Å²) in [7, 11) is 1.37. The lowest BCUT2D eigenvalue weighted by molar-refractivity contribution is -0.140. The van der Waals surface area contributed by atoms with Gasteiger partial charge in [0.25, 0.3) is 5.91 Å². The van der Waals surface area contributed by atoms with Crippen molar-refractivity contribution in [2.45, 2.75) is 11.9 Å². The quantitative estimate of drug-likeness (QED) is 0.757. The monoisotopic (exact) mass is 371 g/mol. The van der Waals surface area contributed by atoms with E-state index in [1.807, 2.05) is 30.3 Å². The van der Waals surface area contributed by atoms with Crippen LogP contribution in [0.4, 0.5) is 0 Å². The molecule has 0 aromatic heterocycles. The van der Waals surface area contributed by atoms with E-state index in [9.17, 15) is 9.59 Å². The molecule has 1 aliphatic heterocycles. The van der Waals surface area contributed by atoms with Crippen molar-refractivity contribution in [1.82, 2.24) is 4.90 Å². The molecule has 3 rings (SSSR count). The number of hydrogen-bond donors (Lipinski definition) is 0. The molecule has 26 heavy (non-hydrogen) atoms. The van der Waals surface area contributed by atoms with Crippen molar-refractivity contribution in [3.63, 3.8) is 0 Å². The van der Waals surface area contributed by atoms with Gasteiger partial charge in [-0.2, -0.15) is 0 Å². The predicted octanol–water partition coefficient (Wildman–Crippen LogP) is 3.00. The van der Waals surface area contributed by atoms with Crippen LogP contribution in [0, 0.1) is 0 Å². The minimum absolute atomic E-state index is 0.0752. The zero-order chi connectivity index (χ0) is 18.4. The molecule has 1 fully saturated rings. The van der Waals surface area contributed by atoms with E-state index in [-0.39, 0.29) is 17.1 Å². The molecule has 0 saturated carbocycles. The van der Waals surface area contributed by atoms with Gasteiger partial charge >= 0.3 is 5.97 Å². The second-order valence-electron chi connectivity index (χ2n) is 5.93. The van der Waals surface area contributed by atoms with Crippen LogP contribution in [-0.2, 0) is 16.1 Å². The molecule has 1 amide bonds. The third-order valence-electron chi connectivity index (χ3n) is 4.17. The van der Waals surface area contributed by atoms with Gasteiger partial charge in [-0.1, -0.05) is 30.3 Å². The van der Waals surface area contributed by atoms with Crippen molar-refractivity contribution in [2.24, 2.45) is 0 Å². The molecule has 2 aromatic carbocycles. The van der Waals surface area contributed by atoms with Gasteiger partial charge in [-0.05, 0) is 29.8 Å². The number of benzene rings is 2. The van der Waals surface area contributed by atoms with E-state index < -0.39 is 0 Å². The van der Waals surface area contributed by atoms with Crippen LogP contribution in [0.3, 0.4) is 0 Å². The molecule has 0 unspecified atom stereocenters. The van der Waals surface area contributed by atoms with Gasteiger partial charge in [0.1, 0.15) is 17.6 Å². The fourth-order valence-electron chi connectivity index (χ4n) is 2.73. The average Bonchev–Trinajstić information content (AvgIpc) is 2.72. The smallest absolute Gasteiger partial charge is 0.320 e. The van der Waals surface area contributed by atoms with Gasteiger partial charge in [-0.3, -0.25) is 9.59 Å². The second-order valence-corrected chi connectivity index (χ2v) is 7.24. The largest absolute Gasteiger partial charge is 0.489 e. The Morgan fingerprint density at radius 1 is 1.12 bits per heavy atom. The van der Waals surface area contributed by atoms with Crippen LogP contribution in [0.5, 0.6) is 5.75 Å². The number of thioether (sulfide) groups is 1. The molecule has 0 radical (unpaired) electrons. The number of hydrogen-bond acceptors (Lipinski definition) is 5. The number of ether oxygens (including phenoxy) is 2. The summed E-state index contributed by atoms with van der Waals surface area (Å²) in [6, 6.07) is 17.0. The normalized spacial score (nSPS) is 16.8. The van der Waals surface area contributed by atoms with E-state index in [2.05, 4.69) is 0 Å². The Hall–Kier alpha value is -2.47. The highest BCUT2D eigenvalue weighted by atomic mass is 32.2. The van der Waals surface area contributed by atoms with Gasteiger partial charge in [-0.25, -0.2) is 0 Å². The van der Waals surface area contributed by atoms with Crippen molar-refractivity contribution in [1.29, 1.82) is 0 Å². The lowest BCUT2D eigenvalue weighted by Gasteiger charge is -2.31. The minimum atomic E-state index is -0.314. The number of nitrogens with zero attached hydrogens (tertiary/aromatic N) is 1. The Morgan fingerprint density at radius 3 is 2.54 bits per heavy atom. The van der Waals surface area contributed by atoms with E-state index in [1.54, 1.807) is 29.2 Å². The summed E-state index contributed by atoms with van der Waals surface area (Å²) in [4.78, 5) is 26.1. The minimum Gasteiger partial charge on any atom is -0.489 e. The van der Waals surface area contributed by atoms with Gasteiger partial charge in [0, 0.05) is 24.4 Å². The molecule has 1 heterocycles. The van der Waals surface area contributed by atoms with E-state index in [0.29, 0.717) is 31.0 Å². The molecule has 5 nitrogen and oxygen atoms in total. The topological polar surface area (TPSA) is 55.8 Å². The van der Waals surface area contributed by atoms with E-state index in [0.717, 1.165) is 11.3 Å². The molecule has 1 atom stereocenters. The number of carbonyl (C=O) groups excluding carboxylic acids is 2. The Balaban J connectivity index is 1.59. The first-order valence-electron chi connectivity index (χ1n) is 8.43. The predicted molar refractivity (Wildman–Crippen MR) is 101 cm³/mol. The SMILES string of the molecule is COC(=O)[C@H]1CN(C(=O)c2ccc(OCc3ccccc3)cc2)CCS1. The highest BCUT2D eigenvalue weighted by Gasteiger charge is 2.30. The molecule has 2 aromatic rings. The fraction of sp³-hybridized carbons (Fsp3) is 0.300. The zero-order valence-corrected chi connectivity index (χ0v) is 15.4. The molecule has 1 aliphatic rings. The Bertz CT molecular complexity index is 748. The molecule has 0 spiro atoms. The third kappa shape index (κ3) is 4.58. The number of carbonyl (C=O) groups is 2. The first-order valence-corrected chi connectivity index (χ1v) is 9.48. The van der Waals surface area contributed by atoms with Crippen LogP contribution in [0.15, 0.2) is 54.6 Å². The van der Waals surface area contributed by atoms with E-state index in [4.69, 9.17) is 9.47 Å². The van der Waals surface area contributed by atoms with Gasteiger partial charge < -0.3 is 14.4 Å². The summed E-state index contributed by atoms with van der Waals surface area (Å²) in [6.45, 7) is 1.49. The first-order chi connectivity index (χ1) is 12.7. The van der Waals surface area contributed by atoms with Crippen LogP contribution >= 0.6 is 11.8 Å². The summed E-state index contributed by atoms with van der Waals surface area (Å²) < 4.78 is 10.5.